The average Bonchev–Trinajstić information content (AvgIpc) is 2.76. The fourth-order valence-corrected chi connectivity index (χ4v) is 3.09. The van der Waals surface area contributed by atoms with Crippen LogP contribution in [-0.4, -0.2) is 36.0 Å². The molecule has 0 aliphatic heterocycles. The zero-order valence-electron chi connectivity index (χ0n) is 17.2. The van der Waals surface area contributed by atoms with Gasteiger partial charge >= 0.3 is 0 Å². The molecule has 0 heterocycles. The molecule has 162 valence electrons. The van der Waals surface area contributed by atoms with Gasteiger partial charge in [0.1, 0.15) is 12.6 Å². The molecule has 0 aliphatic carbocycles. The number of rotatable bonds is 15. The molecule has 0 saturated carbocycles. The SMILES string of the molecule is O=Cc1ccc(OCCCCCCCCCCOc2ccc(C=O)cc2O)c(O)c1. The van der Waals surface area contributed by atoms with Gasteiger partial charge in [-0.05, 0) is 49.2 Å². The molecule has 0 radical (unpaired) electrons. The molecule has 0 unspecified atom stereocenters. The van der Waals surface area contributed by atoms with Gasteiger partial charge in [-0.25, -0.2) is 0 Å². The number of hydrogen-bond donors (Lipinski definition) is 2. The molecule has 6 heteroatoms. The number of phenols is 2. The van der Waals surface area contributed by atoms with E-state index in [1.165, 1.54) is 25.0 Å². The second-order valence-electron chi connectivity index (χ2n) is 7.22. The van der Waals surface area contributed by atoms with Gasteiger partial charge in [-0.15, -0.1) is 0 Å². The second kappa shape index (κ2) is 13.2. The number of unbranched alkanes of at least 4 members (excludes halogenated alkanes) is 7. The third-order valence-corrected chi connectivity index (χ3v) is 4.79. The van der Waals surface area contributed by atoms with E-state index in [2.05, 4.69) is 0 Å². The molecule has 2 aromatic rings. The van der Waals surface area contributed by atoms with Gasteiger partial charge in [-0.3, -0.25) is 9.59 Å². The largest absolute Gasteiger partial charge is 0.504 e. The number of aromatic hydroxyl groups is 2. The minimum atomic E-state index is -0.00299. The van der Waals surface area contributed by atoms with Crippen LogP contribution in [0, 0.1) is 0 Å². The van der Waals surface area contributed by atoms with Crippen molar-refractivity contribution < 1.29 is 29.3 Å². The lowest BCUT2D eigenvalue weighted by Gasteiger charge is -2.09. The van der Waals surface area contributed by atoms with Gasteiger partial charge in [-0.2, -0.15) is 0 Å². The molecule has 0 amide bonds. The first-order valence-corrected chi connectivity index (χ1v) is 10.5. The molecule has 0 spiro atoms. The van der Waals surface area contributed by atoms with E-state index in [1.807, 2.05) is 0 Å². The fourth-order valence-electron chi connectivity index (χ4n) is 3.09. The number of phenolic OH excluding ortho intramolecular Hbond substituents is 2. The smallest absolute Gasteiger partial charge is 0.160 e. The van der Waals surface area contributed by atoms with Crippen LogP contribution < -0.4 is 9.47 Å². The summed E-state index contributed by atoms with van der Waals surface area (Å²) in [5.74, 6) is 0.820. The van der Waals surface area contributed by atoms with Crippen molar-refractivity contribution in [1.29, 1.82) is 0 Å². The number of aldehydes is 2. The van der Waals surface area contributed by atoms with Crippen LogP contribution in [0.3, 0.4) is 0 Å². The number of benzene rings is 2. The van der Waals surface area contributed by atoms with Crippen LogP contribution in [0.4, 0.5) is 0 Å². The van der Waals surface area contributed by atoms with Crippen molar-refractivity contribution in [3.8, 4) is 23.0 Å². The summed E-state index contributed by atoms with van der Waals surface area (Å²) < 4.78 is 11.1. The maximum absolute atomic E-state index is 10.6. The summed E-state index contributed by atoms with van der Waals surface area (Å²) in [5.41, 5.74) is 0.857. The van der Waals surface area contributed by atoms with Gasteiger partial charge in [-0.1, -0.05) is 38.5 Å². The van der Waals surface area contributed by atoms with E-state index >= 15 is 0 Å². The number of hydrogen-bond acceptors (Lipinski definition) is 6. The highest BCUT2D eigenvalue weighted by Crippen LogP contribution is 2.27. The van der Waals surface area contributed by atoms with Crippen LogP contribution in [0.5, 0.6) is 23.0 Å². The lowest BCUT2D eigenvalue weighted by molar-refractivity contribution is 0.111. The maximum Gasteiger partial charge on any atom is 0.160 e. The Balaban J connectivity index is 1.43. The van der Waals surface area contributed by atoms with Crippen molar-refractivity contribution in [2.75, 3.05) is 13.2 Å². The van der Waals surface area contributed by atoms with E-state index < -0.39 is 0 Å². The highest BCUT2D eigenvalue weighted by atomic mass is 16.5. The molecule has 30 heavy (non-hydrogen) atoms. The van der Waals surface area contributed by atoms with E-state index in [0.29, 0.717) is 48.4 Å². The lowest BCUT2D eigenvalue weighted by atomic mass is 10.1. The lowest BCUT2D eigenvalue weighted by Crippen LogP contribution is -1.98. The molecule has 0 saturated heterocycles. The predicted molar refractivity (Wildman–Crippen MR) is 115 cm³/mol. The molecular weight excluding hydrogens is 384 g/mol. The van der Waals surface area contributed by atoms with Crippen LogP contribution >= 0.6 is 0 Å². The van der Waals surface area contributed by atoms with E-state index in [4.69, 9.17) is 9.47 Å². The van der Waals surface area contributed by atoms with E-state index in [0.717, 1.165) is 38.5 Å². The fraction of sp³-hybridized carbons (Fsp3) is 0.417. The highest BCUT2D eigenvalue weighted by molar-refractivity contribution is 5.76. The quantitative estimate of drug-likeness (QED) is 0.303. The minimum absolute atomic E-state index is 0.00299. The molecule has 0 atom stereocenters. The number of carbonyl (C=O) groups is 2. The Morgan fingerprint density at radius 3 is 1.30 bits per heavy atom. The molecule has 0 fully saturated rings. The Kier molecular flexibility index (Phi) is 10.3. The summed E-state index contributed by atoms with van der Waals surface area (Å²) in [6, 6.07) is 9.28. The van der Waals surface area contributed by atoms with Crippen molar-refractivity contribution in [3.05, 3.63) is 47.5 Å². The summed E-state index contributed by atoms with van der Waals surface area (Å²) in [6.07, 6.45) is 10.0. The molecule has 6 nitrogen and oxygen atoms in total. The maximum atomic E-state index is 10.6. The summed E-state index contributed by atoms with van der Waals surface area (Å²) in [4.78, 5) is 21.3. The van der Waals surface area contributed by atoms with Gasteiger partial charge in [0.05, 0.1) is 13.2 Å². The van der Waals surface area contributed by atoms with Gasteiger partial charge in [0.25, 0.3) is 0 Å². The van der Waals surface area contributed by atoms with Gasteiger partial charge in [0.2, 0.25) is 0 Å². The summed E-state index contributed by atoms with van der Waals surface area (Å²) in [7, 11) is 0. The molecule has 0 aliphatic rings. The first-order valence-electron chi connectivity index (χ1n) is 10.5. The van der Waals surface area contributed by atoms with E-state index in [1.54, 1.807) is 24.3 Å². The monoisotopic (exact) mass is 414 g/mol. The van der Waals surface area contributed by atoms with Gasteiger partial charge < -0.3 is 19.7 Å². The van der Waals surface area contributed by atoms with Crippen molar-refractivity contribution in [2.24, 2.45) is 0 Å². The molecule has 2 rings (SSSR count). The van der Waals surface area contributed by atoms with E-state index in [-0.39, 0.29) is 11.5 Å². The van der Waals surface area contributed by atoms with Gasteiger partial charge in [0, 0.05) is 11.1 Å². The number of carbonyl (C=O) groups excluding carboxylic acids is 2. The molecule has 0 bridgehead atoms. The van der Waals surface area contributed by atoms with Crippen molar-refractivity contribution in [3.63, 3.8) is 0 Å². The highest BCUT2D eigenvalue weighted by Gasteiger charge is 2.04. The van der Waals surface area contributed by atoms with E-state index in [9.17, 15) is 19.8 Å². The van der Waals surface area contributed by atoms with Crippen molar-refractivity contribution in [2.45, 2.75) is 51.4 Å². The standard InChI is InChI=1S/C24H30O6/c25-17-19-9-11-23(21(27)15-19)29-13-7-5-3-1-2-4-6-8-14-30-24-12-10-20(18-26)16-22(24)28/h9-12,15-18,27-28H,1-8,13-14H2. The molecular formula is C24H30O6. The second-order valence-corrected chi connectivity index (χ2v) is 7.22. The minimum Gasteiger partial charge on any atom is -0.504 e. The van der Waals surface area contributed by atoms with Crippen LogP contribution in [-0.2, 0) is 0 Å². The van der Waals surface area contributed by atoms with Crippen LogP contribution in [0.2, 0.25) is 0 Å². The zero-order valence-corrected chi connectivity index (χ0v) is 17.2. The average molecular weight is 414 g/mol. The van der Waals surface area contributed by atoms with Crippen LogP contribution in [0.15, 0.2) is 36.4 Å². The molecule has 2 N–H and O–H groups in total. The Morgan fingerprint density at radius 1 is 0.600 bits per heavy atom. The first-order chi connectivity index (χ1) is 14.6. The topological polar surface area (TPSA) is 93.1 Å². The molecule has 2 aromatic carbocycles. The van der Waals surface area contributed by atoms with Crippen LogP contribution in [0.25, 0.3) is 0 Å². The van der Waals surface area contributed by atoms with Crippen LogP contribution in [0.1, 0.15) is 72.1 Å². The van der Waals surface area contributed by atoms with Gasteiger partial charge in [0.15, 0.2) is 23.0 Å². The Morgan fingerprint density at radius 2 is 0.967 bits per heavy atom. The zero-order chi connectivity index (χ0) is 21.6. The Labute approximate surface area is 177 Å². The third kappa shape index (κ3) is 8.15. The normalized spacial score (nSPS) is 10.5. The summed E-state index contributed by atoms with van der Waals surface area (Å²) in [6.45, 7) is 1.10. The third-order valence-electron chi connectivity index (χ3n) is 4.79. The molecule has 0 aromatic heterocycles. The Bertz CT molecular complexity index is 735. The van der Waals surface area contributed by atoms with Crippen molar-refractivity contribution >= 4 is 12.6 Å². The predicted octanol–water partition coefficient (Wildman–Crippen LogP) is 5.30. The summed E-state index contributed by atoms with van der Waals surface area (Å²) >= 11 is 0. The van der Waals surface area contributed by atoms with Crippen molar-refractivity contribution in [1.82, 2.24) is 0 Å². The first kappa shape index (κ1) is 23.3. The Hall–Kier alpha value is -3.02. The number of ether oxygens (including phenoxy) is 2. The summed E-state index contributed by atoms with van der Waals surface area (Å²) in [5, 5.41) is 19.5.